The van der Waals surface area contributed by atoms with Gasteiger partial charge in [0.15, 0.2) is 0 Å². The molecule has 0 aliphatic heterocycles. The van der Waals surface area contributed by atoms with Crippen LogP contribution in [0.1, 0.15) is 10.4 Å². The van der Waals surface area contributed by atoms with Gasteiger partial charge in [-0.3, -0.25) is 20.2 Å². The summed E-state index contributed by atoms with van der Waals surface area (Å²) in [4.78, 5) is 29.2. The Balaban J connectivity index is 3.55. The van der Waals surface area contributed by atoms with E-state index in [1.54, 1.807) is 0 Å². The van der Waals surface area contributed by atoms with E-state index in [0.29, 0.717) is 12.1 Å². The van der Waals surface area contributed by atoms with Crippen molar-refractivity contribution in [3.8, 4) is 5.75 Å². The van der Waals surface area contributed by atoms with E-state index in [1.807, 2.05) is 0 Å². The van der Waals surface area contributed by atoms with Gasteiger partial charge in [-0.25, -0.2) is 4.79 Å². The number of nitro benzene ring substituents is 2. The van der Waals surface area contributed by atoms with Crippen molar-refractivity contribution in [3.63, 3.8) is 0 Å². The maximum atomic E-state index is 10.5. The number of carbonyl (C=O) groups is 1. The second kappa shape index (κ2) is 3.81. The van der Waals surface area contributed by atoms with Gasteiger partial charge in [-0.15, -0.1) is 0 Å². The Labute approximate surface area is 86.9 Å². The highest BCUT2D eigenvalue weighted by molar-refractivity contribution is 5.92. The third-order valence-electron chi connectivity index (χ3n) is 1.72. The van der Waals surface area contributed by atoms with Crippen molar-refractivity contribution >= 4 is 17.3 Å². The van der Waals surface area contributed by atoms with Crippen LogP contribution in [0.25, 0.3) is 0 Å². The number of hydrogen-bond donors (Lipinski definition) is 2. The molecule has 0 amide bonds. The molecule has 0 aliphatic rings. The lowest BCUT2D eigenvalue weighted by atomic mass is 10.1. The molecular formula is C7H4N2O7. The van der Waals surface area contributed by atoms with Crippen LogP contribution in [-0.4, -0.2) is 26.0 Å². The number of aromatic carboxylic acids is 1. The molecule has 0 radical (unpaired) electrons. The van der Waals surface area contributed by atoms with Crippen molar-refractivity contribution < 1.29 is 24.9 Å². The fraction of sp³-hybridized carbons (Fsp3) is 0. The second-order valence-corrected chi connectivity index (χ2v) is 2.68. The van der Waals surface area contributed by atoms with Crippen LogP contribution >= 0.6 is 0 Å². The van der Waals surface area contributed by atoms with Crippen molar-refractivity contribution in [3.05, 3.63) is 37.9 Å². The van der Waals surface area contributed by atoms with Gasteiger partial charge in [-0.2, -0.15) is 0 Å². The summed E-state index contributed by atoms with van der Waals surface area (Å²) in [6.07, 6.45) is 0. The Bertz CT molecular complexity index is 496. The molecule has 16 heavy (non-hydrogen) atoms. The van der Waals surface area contributed by atoms with Gasteiger partial charge in [-0.05, 0) is 0 Å². The van der Waals surface area contributed by atoms with Crippen molar-refractivity contribution in [1.82, 2.24) is 0 Å². The Morgan fingerprint density at radius 1 is 1.12 bits per heavy atom. The summed E-state index contributed by atoms with van der Waals surface area (Å²) in [5, 5.41) is 38.5. The van der Waals surface area contributed by atoms with Crippen LogP contribution in [0.3, 0.4) is 0 Å². The zero-order valence-electron chi connectivity index (χ0n) is 7.48. The van der Waals surface area contributed by atoms with Crippen molar-refractivity contribution in [1.29, 1.82) is 0 Å². The van der Waals surface area contributed by atoms with Gasteiger partial charge in [0, 0.05) is 6.07 Å². The molecule has 0 saturated carbocycles. The summed E-state index contributed by atoms with van der Waals surface area (Å²) in [5.74, 6) is -2.51. The molecule has 2 N–H and O–H groups in total. The normalized spacial score (nSPS) is 9.75. The van der Waals surface area contributed by atoms with Crippen LogP contribution < -0.4 is 0 Å². The fourth-order valence-corrected chi connectivity index (χ4v) is 1.03. The molecule has 1 aromatic carbocycles. The van der Waals surface area contributed by atoms with Crippen molar-refractivity contribution in [2.45, 2.75) is 0 Å². The number of aromatic hydroxyl groups is 1. The van der Waals surface area contributed by atoms with E-state index in [-0.39, 0.29) is 0 Å². The first-order chi connectivity index (χ1) is 7.34. The summed E-state index contributed by atoms with van der Waals surface area (Å²) < 4.78 is 0. The monoisotopic (exact) mass is 228 g/mol. The zero-order valence-corrected chi connectivity index (χ0v) is 7.48. The van der Waals surface area contributed by atoms with Crippen LogP contribution in [0.2, 0.25) is 0 Å². The van der Waals surface area contributed by atoms with E-state index in [4.69, 9.17) is 10.2 Å². The Kier molecular flexibility index (Phi) is 2.70. The maximum Gasteiger partial charge on any atom is 0.349 e. The van der Waals surface area contributed by atoms with E-state index in [9.17, 15) is 25.0 Å². The predicted octanol–water partition coefficient (Wildman–Crippen LogP) is 0.907. The highest BCUT2D eigenvalue weighted by atomic mass is 16.6. The molecule has 0 atom stereocenters. The molecule has 0 aromatic heterocycles. The average molecular weight is 228 g/mol. The van der Waals surface area contributed by atoms with Crippen LogP contribution in [-0.2, 0) is 0 Å². The highest BCUT2D eigenvalue weighted by Crippen LogP contribution is 2.33. The standard InChI is InChI=1S/C7H4N2O7/c10-6-2-5(9(15)16)4(8(13)14)1-3(6)7(11)12/h1-2,10H,(H,11,12). The minimum Gasteiger partial charge on any atom is -0.507 e. The second-order valence-electron chi connectivity index (χ2n) is 2.68. The van der Waals surface area contributed by atoms with Gasteiger partial charge in [0.05, 0.1) is 15.9 Å². The number of carboxylic acids is 1. The topological polar surface area (TPSA) is 144 Å². The summed E-state index contributed by atoms with van der Waals surface area (Å²) in [6.45, 7) is 0. The molecule has 9 heteroatoms. The number of benzene rings is 1. The smallest absolute Gasteiger partial charge is 0.349 e. The molecule has 1 rings (SSSR count). The number of phenols is 1. The summed E-state index contributed by atoms with van der Waals surface area (Å²) in [7, 11) is 0. The average Bonchev–Trinajstić information content (AvgIpc) is 2.15. The molecule has 0 bridgehead atoms. The predicted molar refractivity (Wildman–Crippen MR) is 48.4 cm³/mol. The molecule has 0 spiro atoms. The van der Waals surface area contributed by atoms with Crippen LogP contribution in [0, 0.1) is 20.2 Å². The van der Waals surface area contributed by atoms with Crippen molar-refractivity contribution in [2.24, 2.45) is 0 Å². The number of nitro groups is 2. The Morgan fingerprint density at radius 3 is 1.94 bits per heavy atom. The Morgan fingerprint density at radius 2 is 1.56 bits per heavy atom. The first kappa shape index (κ1) is 11.4. The Hall–Kier alpha value is -2.71. The van der Waals surface area contributed by atoms with Gasteiger partial charge in [0.25, 0.3) is 0 Å². The number of rotatable bonds is 3. The number of nitrogens with zero attached hydrogens (tertiary/aromatic N) is 2. The van der Waals surface area contributed by atoms with Crippen LogP contribution in [0.4, 0.5) is 11.4 Å². The van der Waals surface area contributed by atoms with E-state index in [2.05, 4.69) is 0 Å². The van der Waals surface area contributed by atoms with Gasteiger partial charge in [-0.1, -0.05) is 0 Å². The minimum atomic E-state index is -1.62. The minimum absolute atomic E-state index is 0.432. The molecule has 84 valence electrons. The number of carboxylic acid groups (broad SMARTS) is 1. The molecule has 0 saturated heterocycles. The van der Waals surface area contributed by atoms with Crippen LogP contribution in [0.15, 0.2) is 12.1 Å². The third-order valence-corrected chi connectivity index (χ3v) is 1.72. The highest BCUT2D eigenvalue weighted by Gasteiger charge is 2.28. The van der Waals surface area contributed by atoms with Crippen LogP contribution in [0.5, 0.6) is 5.75 Å². The van der Waals surface area contributed by atoms with E-state index in [1.165, 1.54) is 0 Å². The van der Waals surface area contributed by atoms with Gasteiger partial charge in [0.2, 0.25) is 0 Å². The zero-order chi connectivity index (χ0) is 12.5. The number of hydrogen-bond acceptors (Lipinski definition) is 6. The lowest BCUT2D eigenvalue weighted by molar-refractivity contribution is -0.422. The summed E-state index contributed by atoms with van der Waals surface area (Å²) >= 11 is 0. The third kappa shape index (κ3) is 1.87. The molecule has 9 nitrogen and oxygen atoms in total. The first-order valence-electron chi connectivity index (χ1n) is 3.73. The lowest BCUT2D eigenvalue weighted by Crippen LogP contribution is -2.02. The van der Waals surface area contributed by atoms with E-state index in [0.717, 1.165) is 0 Å². The molecule has 1 aromatic rings. The molecule has 0 aliphatic carbocycles. The summed E-state index contributed by atoms with van der Waals surface area (Å²) in [6, 6.07) is 0.872. The molecule has 0 unspecified atom stereocenters. The molecule has 0 heterocycles. The van der Waals surface area contributed by atoms with Crippen molar-refractivity contribution in [2.75, 3.05) is 0 Å². The maximum absolute atomic E-state index is 10.5. The molecule has 0 fully saturated rings. The SMILES string of the molecule is O=C(O)c1cc([N+](=O)[O-])c([N+](=O)[O-])cc1O. The largest absolute Gasteiger partial charge is 0.507 e. The van der Waals surface area contributed by atoms with Gasteiger partial charge < -0.3 is 10.2 Å². The molecular weight excluding hydrogens is 224 g/mol. The van der Waals surface area contributed by atoms with E-state index < -0.39 is 38.5 Å². The van der Waals surface area contributed by atoms with Gasteiger partial charge >= 0.3 is 17.3 Å². The lowest BCUT2D eigenvalue weighted by Gasteiger charge is -2.00. The fourth-order valence-electron chi connectivity index (χ4n) is 1.03. The summed E-state index contributed by atoms with van der Waals surface area (Å²) in [5.41, 5.74) is -2.72. The van der Waals surface area contributed by atoms with Gasteiger partial charge in [0.1, 0.15) is 11.3 Å². The van der Waals surface area contributed by atoms with E-state index >= 15 is 0 Å². The quantitative estimate of drug-likeness (QED) is 0.577. The first-order valence-corrected chi connectivity index (χ1v) is 3.73.